The topological polar surface area (TPSA) is 49.4 Å². The van der Waals surface area contributed by atoms with Gasteiger partial charge in [-0.1, -0.05) is 29.8 Å². The fourth-order valence-electron chi connectivity index (χ4n) is 3.09. The number of piperidine rings is 1. The van der Waals surface area contributed by atoms with Crippen LogP contribution in [0.1, 0.15) is 18.4 Å². The summed E-state index contributed by atoms with van der Waals surface area (Å²) in [6.07, 6.45) is 1.54. The molecule has 1 heterocycles. The van der Waals surface area contributed by atoms with E-state index in [9.17, 15) is 14.0 Å². The van der Waals surface area contributed by atoms with Crippen LogP contribution in [-0.2, 0) is 16.0 Å². The Morgan fingerprint density at radius 3 is 2.46 bits per heavy atom. The molecular weight excluding hydrogens is 355 g/mol. The van der Waals surface area contributed by atoms with Gasteiger partial charge in [0.25, 0.3) is 0 Å². The van der Waals surface area contributed by atoms with Crippen LogP contribution in [0.4, 0.5) is 10.1 Å². The minimum absolute atomic E-state index is 0.0521. The van der Waals surface area contributed by atoms with Crippen LogP contribution < -0.4 is 5.32 Å². The first-order valence-corrected chi connectivity index (χ1v) is 8.98. The summed E-state index contributed by atoms with van der Waals surface area (Å²) in [5, 5.41) is 3.39. The van der Waals surface area contributed by atoms with Crippen LogP contribution >= 0.6 is 11.6 Å². The predicted octanol–water partition coefficient (Wildman–Crippen LogP) is 3.90. The fourth-order valence-corrected chi connectivity index (χ4v) is 3.22. The second-order valence-electron chi connectivity index (χ2n) is 6.46. The largest absolute Gasteiger partial charge is 0.342 e. The van der Waals surface area contributed by atoms with E-state index >= 15 is 0 Å². The molecule has 136 valence electrons. The molecule has 1 fully saturated rings. The Kier molecular flexibility index (Phi) is 5.89. The van der Waals surface area contributed by atoms with Gasteiger partial charge >= 0.3 is 0 Å². The second-order valence-corrected chi connectivity index (χ2v) is 6.89. The van der Waals surface area contributed by atoms with Gasteiger partial charge in [-0.05, 0) is 48.7 Å². The molecule has 0 spiro atoms. The predicted molar refractivity (Wildman–Crippen MR) is 99.5 cm³/mol. The lowest BCUT2D eigenvalue weighted by Crippen LogP contribution is -2.42. The van der Waals surface area contributed by atoms with E-state index in [4.69, 9.17) is 11.6 Å². The van der Waals surface area contributed by atoms with Gasteiger partial charge < -0.3 is 10.2 Å². The lowest BCUT2D eigenvalue weighted by molar-refractivity contribution is -0.133. The maximum atomic E-state index is 13.2. The van der Waals surface area contributed by atoms with Crippen molar-refractivity contribution in [3.63, 3.8) is 0 Å². The minimum Gasteiger partial charge on any atom is -0.342 e. The number of benzene rings is 2. The summed E-state index contributed by atoms with van der Waals surface area (Å²) in [7, 11) is 0. The van der Waals surface area contributed by atoms with Gasteiger partial charge in [0.1, 0.15) is 5.82 Å². The highest BCUT2D eigenvalue weighted by Crippen LogP contribution is 2.21. The highest BCUT2D eigenvalue weighted by atomic mass is 35.5. The van der Waals surface area contributed by atoms with Gasteiger partial charge in [-0.15, -0.1) is 0 Å². The average Bonchev–Trinajstić information content (AvgIpc) is 2.64. The number of amides is 2. The molecule has 1 N–H and O–H groups in total. The summed E-state index contributed by atoms with van der Waals surface area (Å²) in [6.45, 7) is 1.10. The van der Waals surface area contributed by atoms with Crippen LogP contribution in [0.5, 0.6) is 0 Å². The summed E-state index contributed by atoms with van der Waals surface area (Å²) in [5.41, 5.74) is 1.38. The lowest BCUT2D eigenvalue weighted by atomic mass is 9.95. The zero-order valence-electron chi connectivity index (χ0n) is 14.3. The van der Waals surface area contributed by atoms with Crippen molar-refractivity contribution in [2.45, 2.75) is 19.3 Å². The number of nitrogens with zero attached hydrogens (tertiary/aromatic N) is 1. The van der Waals surface area contributed by atoms with Crippen molar-refractivity contribution in [1.82, 2.24) is 4.90 Å². The number of anilines is 1. The SMILES string of the molecule is O=C(Nc1cccc(F)c1)C1CCN(C(=O)Cc2ccc(Cl)cc2)CC1. The monoisotopic (exact) mass is 374 g/mol. The minimum atomic E-state index is -0.384. The molecule has 1 saturated heterocycles. The van der Waals surface area contributed by atoms with Crippen molar-refractivity contribution in [3.8, 4) is 0 Å². The number of nitrogens with one attached hydrogen (secondary N) is 1. The molecule has 0 aromatic heterocycles. The Morgan fingerprint density at radius 2 is 1.81 bits per heavy atom. The number of halogens is 2. The van der Waals surface area contributed by atoms with Crippen LogP contribution in [0.25, 0.3) is 0 Å². The maximum Gasteiger partial charge on any atom is 0.227 e. The number of carbonyl (C=O) groups is 2. The van der Waals surface area contributed by atoms with Gasteiger partial charge in [-0.25, -0.2) is 4.39 Å². The van der Waals surface area contributed by atoms with Gasteiger partial charge in [-0.3, -0.25) is 9.59 Å². The molecular formula is C20H20ClFN2O2. The third-order valence-electron chi connectivity index (χ3n) is 4.58. The van der Waals surface area contributed by atoms with Crippen LogP contribution in [-0.4, -0.2) is 29.8 Å². The number of rotatable bonds is 4. The molecule has 3 rings (SSSR count). The molecule has 0 aliphatic carbocycles. The summed E-state index contributed by atoms with van der Waals surface area (Å²) >= 11 is 5.86. The molecule has 1 aliphatic rings. The molecule has 0 radical (unpaired) electrons. The quantitative estimate of drug-likeness (QED) is 0.882. The van der Waals surface area contributed by atoms with Gasteiger partial charge in [0, 0.05) is 29.7 Å². The molecule has 6 heteroatoms. The van der Waals surface area contributed by atoms with E-state index in [1.807, 2.05) is 12.1 Å². The standard InChI is InChI=1S/C20H20ClFN2O2/c21-16-6-4-14(5-7-16)12-19(25)24-10-8-15(9-11-24)20(26)23-18-3-1-2-17(22)13-18/h1-7,13,15H,8-12H2,(H,23,26). The first-order chi connectivity index (χ1) is 12.5. The van der Waals surface area contributed by atoms with E-state index in [1.165, 1.54) is 12.1 Å². The van der Waals surface area contributed by atoms with Gasteiger partial charge in [-0.2, -0.15) is 0 Å². The Morgan fingerprint density at radius 1 is 1.12 bits per heavy atom. The molecule has 0 atom stereocenters. The van der Waals surface area contributed by atoms with Crippen LogP contribution in [0.3, 0.4) is 0 Å². The second kappa shape index (κ2) is 8.32. The molecule has 2 amide bonds. The first kappa shape index (κ1) is 18.4. The molecule has 0 unspecified atom stereocenters. The molecule has 1 aliphatic heterocycles. The van der Waals surface area contributed by atoms with Crippen LogP contribution in [0.2, 0.25) is 5.02 Å². The van der Waals surface area contributed by atoms with Crippen molar-refractivity contribution in [2.75, 3.05) is 18.4 Å². The van der Waals surface area contributed by atoms with Crippen molar-refractivity contribution < 1.29 is 14.0 Å². The Labute approximate surface area is 157 Å². The van der Waals surface area contributed by atoms with Crippen molar-refractivity contribution in [2.24, 2.45) is 5.92 Å². The third kappa shape index (κ3) is 4.82. The number of carbonyl (C=O) groups excluding carboxylic acids is 2. The Bertz CT molecular complexity index is 787. The highest BCUT2D eigenvalue weighted by Gasteiger charge is 2.27. The van der Waals surface area contributed by atoms with Crippen LogP contribution in [0.15, 0.2) is 48.5 Å². The normalized spacial score (nSPS) is 14.9. The molecule has 0 bridgehead atoms. The van der Waals surface area contributed by atoms with Gasteiger partial charge in [0.05, 0.1) is 6.42 Å². The molecule has 4 nitrogen and oxygen atoms in total. The van der Waals surface area contributed by atoms with Gasteiger partial charge in [0.15, 0.2) is 0 Å². The van der Waals surface area contributed by atoms with E-state index in [-0.39, 0.29) is 23.5 Å². The lowest BCUT2D eigenvalue weighted by Gasteiger charge is -2.31. The van der Waals surface area contributed by atoms with E-state index < -0.39 is 0 Å². The summed E-state index contributed by atoms with van der Waals surface area (Å²) in [5.74, 6) is -0.625. The van der Waals surface area contributed by atoms with Crippen molar-refractivity contribution in [1.29, 1.82) is 0 Å². The molecule has 26 heavy (non-hydrogen) atoms. The number of likely N-dealkylation sites (tertiary alicyclic amines) is 1. The smallest absolute Gasteiger partial charge is 0.227 e. The maximum absolute atomic E-state index is 13.2. The van der Waals surface area contributed by atoms with E-state index in [0.29, 0.717) is 43.1 Å². The zero-order chi connectivity index (χ0) is 18.5. The first-order valence-electron chi connectivity index (χ1n) is 8.60. The number of hydrogen-bond acceptors (Lipinski definition) is 2. The third-order valence-corrected chi connectivity index (χ3v) is 4.83. The van der Waals surface area contributed by atoms with Gasteiger partial charge in [0.2, 0.25) is 11.8 Å². The van der Waals surface area contributed by atoms with Crippen molar-refractivity contribution in [3.05, 3.63) is 64.9 Å². The zero-order valence-corrected chi connectivity index (χ0v) is 15.0. The summed E-state index contributed by atoms with van der Waals surface area (Å²) in [4.78, 5) is 26.5. The van der Waals surface area contributed by atoms with E-state index in [0.717, 1.165) is 5.56 Å². The Balaban J connectivity index is 1.49. The van der Waals surface area contributed by atoms with Crippen LogP contribution in [0, 0.1) is 11.7 Å². The fraction of sp³-hybridized carbons (Fsp3) is 0.300. The molecule has 2 aromatic rings. The highest BCUT2D eigenvalue weighted by molar-refractivity contribution is 6.30. The summed E-state index contributed by atoms with van der Waals surface area (Å²) < 4.78 is 13.2. The van der Waals surface area contributed by atoms with E-state index in [1.54, 1.807) is 29.2 Å². The van der Waals surface area contributed by atoms with Crippen molar-refractivity contribution >= 4 is 29.1 Å². The number of hydrogen-bond donors (Lipinski definition) is 1. The summed E-state index contributed by atoms with van der Waals surface area (Å²) in [6, 6.07) is 13.1. The Hall–Kier alpha value is -2.40. The van der Waals surface area contributed by atoms with E-state index in [2.05, 4.69) is 5.32 Å². The molecule has 2 aromatic carbocycles. The molecule has 0 saturated carbocycles. The average molecular weight is 375 g/mol.